The molecule has 1 atom stereocenters. The molecule has 0 spiro atoms. The van der Waals surface area contributed by atoms with Gasteiger partial charge >= 0.3 is 0 Å². The highest BCUT2D eigenvalue weighted by molar-refractivity contribution is 6.31. The van der Waals surface area contributed by atoms with E-state index in [1.807, 2.05) is 0 Å². The zero-order chi connectivity index (χ0) is 11.4. The maximum Gasteiger partial charge on any atom is 0.238 e. The molecule has 0 aromatic heterocycles. The number of rotatable bonds is 3. The molecule has 1 amide bonds. The molecule has 2 N–H and O–H groups in total. The van der Waals surface area contributed by atoms with Gasteiger partial charge in [-0.15, -0.1) is 11.6 Å². The van der Waals surface area contributed by atoms with Crippen molar-refractivity contribution in [2.45, 2.75) is 18.8 Å². The molecule has 0 aliphatic carbocycles. The minimum Gasteiger partial charge on any atom is -0.508 e. The van der Waals surface area contributed by atoms with Crippen LogP contribution in [0.25, 0.3) is 0 Å². The Balaban J connectivity index is 2.65. The maximum atomic E-state index is 11.2. The second-order valence-electron chi connectivity index (χ2n) is 3.11. The largest absolute Gasteiger partial charge is 0.508 e. The lowest BCUT2D eigenvalue weighted by Gasteiger charge is -2.08. The van der Waals surface area contributed by atoms with Crippen molar-refractivity contribution < 1.29 is 9.90 Å². The highest BCUT2D eigenvalue weighted by Crippen LogP contribution is 2.21. The molecule has 0 fully saturated rings. The number of phenolic OH excluding ortho intramolecular Hbond substituents is 1. The van der Waals surface area contributed by atoms with Crippen LogP contribution in [0.5, 0.6) is 5.75 Å². The Bertz CT molecular complexity index is 366. The SMILES string of the molecule is CC(Cl)C(=O)NCc1cc(Cl)ccc1O. The van der Waals surface area contributed by atoms with Gasteiger partial charge in [0.15, 0.2) is 0 Å². The van der Waals surface area contributed by atoms with Crippen LogP contribution >= 0.6 is 23.2 Å². The minimum atomic E-state index is -0.591. The first-order valence-electron chi connectivity index (χ1n) is 4.40. The second-order valence-corrected chi connectivity index (χ2v) is 4.20. The summed E-state index contributed by atoms with van der Waals surface area (Å²) in [4.78, 5) is 11.2. The molecule has 0 aliphatic heterocycles. The standard InChI is InChI=1S/C10H11Cl2NO2/c1-6(11)10(15)13-5-7-4-8(12)2-3-9(7)14/h2-4,6,14H,5H2,1H3,(H,13,15). The van der Waals surface area contributed by atoms with E-state index in [2.05, 4.69) is 5.32 Å². The Labute approximate surface area is 98.0 Å². The van der Waals surface area contributed by atoms with E-state index in [1.165, 1.54) is 6.07 Å². The fraction of sp³-hybridized carbons (Fsp3) is 0.300. The Morgan fingerprint density at radius 3 is 2.87 bits per heavy atom. The third-order valence-corrected chi connectivity index (χ3v) is 2.29. The smallest absolute Gasteiger partial charge is 0.238 e. The van der Waals surface area contributed by atoms with Crippen molar-refractivity contribution in [2.24, 2.45) is 0 Å². The zero-order valence-electron chi connectivity index (χ0n) is 8.13. The van der Waals surface area contributed by atoms with Crippen LogP contribution in [-0.2, 0) is 11.3 Å². The first kappa shape index (κ1) is 12.1. The molecule has 3 nitrogen and oxygen atoms in total. The Kier molecular flexibility index (Phi) is 4.24. The number of benzene rings is 1. The summed E-state index contributed by atoms with van der Waals surface area (Å²) in [5.74, 6) is -0.182. The predicted octanol–water partition coefficient (Wildman–Crippen LogP) is 2.29. The number of carbonyl (C=O) groups is 1. The van der Waals surface area contributed by atoms with E-state index in [4.69, 9.17) is 23.2 Å². The number of alkyl halides is 1. The molecule has 0 saturated carbocycles. The maximum absolute atomic E-state index is 11.2. The van der Waals surface area contributed by atoms with Crippen molar-refractivity contribution in [1.29, 1.82) is 0 Å². The van der Waals surface area contributed by atoms with Crippen LogP contribution in [0.15, 0.2) is 18.2 Å². The van der Waals surface area contributed by atoms with Crippen molar-refractivity contribution in [1.82, 2.24) is 5.32 Å². The summed E-state index contributed by atoms with van der Waals surface area (Å²) in [6, 6.07) is 4.65. The summed E-state index contributed by atoms with van der Waals surface area (Å²) in [5, 5.41) is 11.9. The second kappa shape index (κ2) is 5.24. The monoisotopic (exact) mass is 247 g/mol. The highest BCUT2D eigenvalue weighted by Gasteiger charge is 2.09. The van der Waals surface area contributed by atoms with Crippen molar-refractivity contribution in [3.8, 4) is 5.75 Å². The van der Waals surface area contributed by atoms with E-state index in [0.717, 1.165) is 0 Å². The van der Waals surface area contributed by atoms with E-state index in [9.17, 15) is 9.90 Å². The van der Waals surface area contributed by atoms with Crippen molar-refractivity contribution in [2.75, 3.05) is 0 Å². The lowest BCUT2D eigenvalue weighted by molar-refractivity contribution is -0.120. The lowest BCUT2D eigenvalue weighted by atomic mass is 10.2. The van der Waals surface area contributed by atoms with Crippen LogP contribution in [0.3, 0.4) is 0 Å². The number of halogens is 2. The van der Waals surface area contributed by atoms with Crippen LogP contribution in [0, 0.1) is 0 Å². The van der Waals surface area contributed by atoms with Crippen molar-refractivity contribution >= 4 is 29.1 Å². The molecule has 15 heavy (non-hydrogen) atoms. The predicted molar refractivity (Wildman–Crippen MR) is 60.3 cm³/mol. The highest BCUT2D eigenvalue weighted by atomic mass is 35.5. The third kappa shape index (κ3) is 3.61. The van der Waals surface area contributed by atoms with Gasteiger partial charge in [-0.05, 0) is 25.1 Å². The van der Waals surface area contributed by atoms with Crippen LogP contribution in [-0.4, -0.2) is 16.4 Å². The van der Waals surface area contributed by atoms with Crippen molar-refractivity contribution in [3.63, 3.8) is 0 Å². The molecule has 82 valence electrons. The fourth-order valence-corrected chi connectivity index (χ4v) is 1.29. The number of carbonyl (C=O) groups excluding carboxylic acids is 1. The Morgan fingerprint density at radius 1 is 1.60 bits per heavy atom. The lowest BCUT2D eigenvalue weighted by Crippen LogP contribution is -2.29. The van der Waals surface area contributed by atoms with Gasteiger partial charge in [0.2, 0.25) is 5.91 Å². The third-order valence-electron chi connectivity index (χ3n) is 1.86. The average molecular weight is 248 g/mol. The van der Waals surface area contributed by atoms with Gasteiger partial charge in [-0.2, -0.15) is 0 Å². The molecule has 1 unspecified atom stereocenters. The van der Waals surface area contributed by atoms with E-state index in [0.29, 0.717) is 10.6 Å². The topological polar surface area (TPSA) is 49.3 Å². The number of amides is 1. The molecule has 0 bridgehead atoms. The summed E-state index contributed by atoms with van der Waals surface area (Å²) in [7, 11) is 0. The number of nitrogens with one attached hydrogen (secondary N) is 1. The number of aromatic hydroxyl groups is 1. The molecule has 5 heteroatoms. The van der Waals surface area contributed by atoms with Crippen molar-refractivity contribution in [3.05, 3.63) is 28.8 Å². The molecule has 0 heterocycles. The Hall–Kier alpha value is -0.930. The number of phenols is 1. The Morgan fingerprint density at radius 2 is 2.27 bits per heavy atom. The van der Waals surface area contributed by atoms with Gasteiger partial charge in [0, 0.05) is 17.1 Å². The van der Waals surface area contributed by atoms with Gasteiger partial charge in [0.1, 0.15) is 11.1 Å². The summed E-state index contributed by atoms with van der Waals surface area (Å²) < 4.78 is 0. The quantitative estimate of drug-likeness (QED) is 0.806. The molecule has 1 aromatic carbocycles. The summed E-state index contributed by atoms with van der Waals surface area (Å²) in [5.41, 5.74) is 0.563. The van der Waals surface area contributed by atoms with Crippen LogP contribution in [0.1, 0.15) is 12.5 Å². The van der Waals surface area contributed by atoms with Crippen LogP contribution in [0.2, 0.25) is 5.02 Å². The van der Waals surface area contributed by atoms with E-state index in [1.54, 1.807) is 19.1 Å². The molecule has 1 rings (SSSR count). The van der Waals surface area contributed by atoms with Gasteiger partial charge in [0.25, 0.3) is 0 Å². The van der Waals surface area contributed by atoms with E-state index in [-0.39, 0.29) is 18.2 Å². The summed E-state index contributed by atoms with van der Waals surface area (Å²) >= 11 is 11.3. The molecule has 1 aromatic rings. The summed E-state index contributed by atoms with van der Waals surface area (Å²) in [6.07, 6.45) is 0. The number of hydrogen-bond acceptors (Lipinski definition) is 2. The zero-order valence-corrected chi connectivity index (χ0v) is 9.64. The fourth-order valence-electron chi connectivity index (χ4n) is 1.02. The molecule has 0 aliphatic rings. The van der Waals surface area contributed by atoms with Crippen LogP contribution < -0.4 is 5.32 Å². The van der Waals surface area contributed by atoms with Gasteiger partial charge in [-0.1, -0.05) is 11.6 Å². The van der Waals surface area contributed by atoms with Gasteiger partial charge < -0.3 is 10.4 Å². The normalized spacial score (nSPS) is 12.2. The van der Waals surface area contributed by atoms with E-state index < -0.39 is 5.38 Å². The van der Waals surface area contributed by atoms with Gasteiger partial charge in [-0.3, -0.25) is 4.79 Å². The van der Waals surface area contributed by atoms with E-state index >= 15 is 0 Å². The average Bonchev–Trinajstić information content (AvgIpc) is 2.18. The first-order chi connectivity index (χ1) is 7.00. The molecular formula is C10H11Cl2NO2. The summed E-state index contributed by atoms with van der Waals surface area (Å²) in [6.45, 7) is 1.79. The first-order valence-corrected chi connectivity index (χ1v) is 5.21. The molecular weight excluding hydrogens is 237 g/mol. The molecule has 0 radical (unpaired) electrons. The minimum absolute atomic E-state index is 0.0990. The van der Waals surface area contributed by atoms with Gasteiger partial charge in [0.05, 0.1) is 0 Å². The van der Waals surface area contributed by atoms with Gasteiger partial charge in [-0.25, -0.2) is 0 Å². The van der Waals surface area contributed by atoms with Crippen LogP contribution in [0.4, 0.5) is 0 Å². The number of hydrogen-bond donors (Lipinski definition) is 2. The molecule has 0 saturated heterocycles.